The maximum absolute atomic E-state index is 13.7. The van der Waals surface area contributed by atoms with Crippen LogP contribution in [-0.4, -0.2) is 45.0 Å². The van der Waals surface area contributed by atoms with Crippen LogP contribution < -0.4 is 5.32 Å². The largest absolute Gasteiger partial charge is 0.462 e. The van der Waals surface area contributed by atoms with Gasteiger partial charge in [0.25, 0.3) is 0 Å². The lowest BCUT2D eigenvalue weighted by Crippen LogP contribution is -2.39. The molecule has 0 atom stereocenters. The van der Waals surface area contributed by atoms with Crippen LogP contribution in [0.1, 0.15) is 46.6 Å². The number of benzene rings is 3. The first-order valence-electron chi connectivity index (χ1n) is 15.3. The molecular weight excluding hydrogens is 562 g/mol. The second-order valence-electron chi connectivity index (χ2n) is 11.1. The highest BCUT2D eigenvalue weighted by Gasteiger charge is 2.27. The summed E-state index contributed by atoms with van der Waals surface area (Å²) in [6, 6.07) is 25.2. The van der Waals surface area contributed by atoms with Gasteiger partial charge in [0.2, 0.25) is 0 Å². The molecule has 0 aliphatic carbocycles. The molecule has 0 saturated heterocycles. The first-order chi connectivity index (χ1) is 21.9. The Bertz CT molecular complexity index is 1870. The number of hydrogen-bond donors (Lipinski definition) is 1. The van der Waals surface area contributed by atoms with Crippen molar-refractivity contribution in [2.24, 2.45) is 0 Å². The Hall–Kier alpha value is -5.37. The van der Waals surface area contributed by atoms with Crippen molar-refractivity contribution in [2.45, 2.75) is 40.2 Å². The lowest BCUT2D eigenvalue weighted by molar-refractivity contribution is 0.0526. The number of carbonyl (C=O) groups excluding carboxylic acids is 2. The molecule has 226 valence electrons. The molecule has 3 heterocycles. The fourth-order valence-corrected chi connectivity index (χ4v) is 5.65. The molecule has 0 radical (unpaired) electrons. The van der Waals surface area contributed by atoms with Crippen LogP contribution in [-0.2, 0) is 24.1 Å². The molecule has 45 heavy (non-hydrogen) atoms. The number of esters is 1. The molecule has 3 aromatic carbocycles. The Morgan fingerprint density at radius 2 is 1.76 bits per heavy atom. The average molecular weight is 598 g/mol. The average Bonchev–Trinajstić information content (AvgIpc) is 3.08. The van der Waals surface area contributed by atoms with E-state index in [-0.39, 0.29) is 12.0 Å². The molecule has 2 aromatic heterocycles. The van der Waals surface area contributed by atoms with Crippen molar-refractivity contribution < 1.29 is 14.3 Å². The van der Waals surface area contributed by atoms with Gasteiger partial charge in [0, 0.05) is 47.7 Å². The van der Waals surface area contributed by atoms with E-state index in [1.54, 1.807) is 25.4 Å². The summed E-state index contributed by atoms with van der Waals surface area (Å²) >= 11 is 0. The van der Waals surface area contributed by atoms with Crippen molar-refractivity contribution in [3.63, 3.8) is 0 Å². The summed E-state index contributed by atoms with van der Waals surface area (Å²) < 4.78 is 5.19. The number of anilines is 1. The molecule has 0 unspecified atom stereocenters. The number of hydrogen-bond acceptors (Lipinski definition) is 6. The van der Waals surface area contributed by atoms with Crippen molar-refractivity contribution in [2.75, 3.05) is 18.5 Å². The summed E-state index contributed by atoms with van der Waals surface area (Å²) in [6.07, 6.45) is 4.91. The first-order valence-corrected chi connectivity index (χ1v) is 15.3. The summed E-state index contributed by atoms with van der Waals surface area (Å²) in [5, 5.41) is 3.14. The summed E-state index contributed by atoms with van der Waals surface area (Å²) in [5.74, 6) is 0.278. The Kier molecular flexibility index (Phi) is 8.64. The zero-order chi connectivity index (χ0) is 31.3. The lowest BCUT2D eigenvalue weighted by atomic mass is 9.96. The fourth-order valence-electron chi connectivity index (χ4n) is 5.65. The van der Waals surface area contributed by atoms with Gasteiger partial charge in [-0.05, 0) is 78.9 Å². The molecule has 2 amide bonds. The molecule has 6 rings (SSSR count). The first kappa shape index (κ1) is 29.7. The SMILES string of the molecule is CCOC(=O)c1cccc(-c2cc(CC)cc(NC(=O)N3CCc4nc(-c5cccnc5)nc(-c5ccccc5C)c4C3)c2)c1. The number of aryl methyl sites for hydroxylation is 2. The van der Waals surface area contributed by atoms with Gasteiger partial charge in [0.05, 0.1) is 30.1 Å². The Labute approximate surface area is 263 Å². The Morgan fingerprint density at radius 1 is 0.911 bits per heavy atom. The van der Waals surface area contributed by atoms with Gasteiger partial charge >= 0.3 is 12.0 Å². The number of urea groups is 1. The van der Waals surface area contributed by atoms with Crippen molar-refractivity contribution >= 4 is 17.7 Å². The second-order valence-corrected chi connectivity index (χ2v) is 11.1. The van der Waals surface area contributed by atoms with Gasteiger partial charge in [-0.15, -0.1) is 0 Å². The number of ether oxygens (including phenoxy) is 1. The Morgan fingerprint density at radius 3 is 2.53 bits per heavy atom. The van der Waals surface area contributed by atoms with E-state index in [2.05, 4.69) is 42.3 Å². The number of amides is 2. The molecule has 1 N–H and O–H groups in total. The topological polar surface area (TPSA) is 97.3 Å². The maximum Gasteiger partial charge on any atom is 0.338 e. The molecule has 5 aromatic rings. The zero-order valence-electron chi connectivity index (χ0n) is 25.7. The summed E-state index contributed by atoms with van der Waals surface area (Å²) in [7, 11) is 0. The van der Waals surface area contributed by atoms with E-state index < -0.39 is 0 Å². The van der Waals surface area contributed by atoms with Crippen LogP contribution in [0.25, 0.3) is 33.8 Å². The number of rotatable bonds is 7. The van der Waals surface area contributed by atoms with Crippen LogP contribution in [0.2, 0.25) is 0 Å². The van der Waals surface area contributed by atoms with Gasteiger partial charge < -0.3 is 15.0 Å². The third-order valence-electron chi connectivity index (χ3n) is 8.03. The number of nitrogens with zero attached hydrogens (tertiary/aromatic N) is 4. The fraction of sp³-hybridized carbons (Fsp3) is 0.216. The number of nitrogens with one attached hydrogen (secondary N) is 1. The number of fused-ring (bicyclic) bond motifs is 1. The summed E-state index contributed by atoms with van der Waals surface area (Å²) in [6.45, 7) is 7.17. The minimum atomic E-state index is -0.355. The smallest absolute Gasteiger partial charge is 0.338 e. The highest BCUT2D eigenvalue weighted by atomic mass is 16.5. The van der Waals surface area contributed by atoms with Gasteiger partial charge in [-0.25, -0.2) is 19.6 Å². The highest BCUT2D eigenvalue weighted by Crippen LogP contribution is 2.33. The van der Waals surface area contributed by atoms with Gasteiger partial charge in [-0.2, -0.15) is 0 Å². The lowest BCUT2D eigenvalue weighted by Gasteiger charge is -2.30. The van der Waals surface area contributed by atoms with Gasteiger partial charge in [0.15, 0.2) is 5.82 Å². The predicted octanol–water partition coefficient (Wildman–Crippen LogP) is 7.51. The molecule has 0 fully saturated rings. The van der Waals surface area contributed by atoms with Crippen LogP contribution in [0.15, 0.2) is 91.3 Å². The van der Waals surface area contributed by atoms with E-state index in [0.717, 1.165) is 56.8 Å². The highest BCUT2D eigenvalue weighted by molar-refractivity contribution is 5.93. The van der Waals surface area contributed by atoms with E-state index >= 15 is 0 Å². The Balaban J connectivity index is 1.30. The minimum Gasteiger partial charge on any atom is -0.462 e. The number of pyridine rings is 1. The van der Waals surface area contributed by atoms with Crippen molar-refractivity contribution in [3.8, 4) is 33.8 Å². The molecule has 8 heteroatoms. The monoisotopic (exact) mass is 597 g/mol. The predicted molar refractivity (Wildman–Crippen MR) is 176 cm³/mol. The third kappa shape index (κ3) is 6.45. The third-order valence-corrected chi connectivity index (χ3v) is 8.03. The summed E-state index contributed by atoms with van der Waals surface area (Å²) in [4.78, 5) is 42.1. The van der Waals surface area contributed by atoms with Crippen LogP contribution in [0.3, 0.4) is 0 Å². The molecule has 0 saturated carbocycles. The zero-order valence-corrected chi connectivity index (χ0v) is 25.7. The van der Waals surface area contributed by atoms with Crippen LogP contribution >= 0.6 is 0 Å². The van der Waals surface area contributed by atoms with Crippen LogP contribution in [0, 0.1) is 6.92 Å². The van der Waals surface area contributed by atoms with Crippen molar-refractivity contribution in [3.05, 3.63) is 119 Å². The molecule has 0 spiro atoms. The van der Waals surface area contributed by atoms with Crippen LogP contribution in [0.5, 0.6) is 0 Å². The second kappa shape index (κ2) is 13.1. The van der Waals surface area contributed by atoms with Crippen LogP contribution in [0.4, 0.5) is 10.5 Å². The van der Waals surface area contributed by atoms with Gasteiger partial charge in [-0.1, -0.05) is 49.4 Å². The van der Waals surface area contributed by atoms with E-state index in [4.69, 9.17) is 14.7 Å². The van der Waals surface area contributed by atoms with E-state index in [1.165, 1.54) is 0 Å². The maximum atomic E-state index is 13.7. The van der Waals surface area contributed by atoms with E-state index in [9.17, 15) is 9.59 Å². The number of aromatic nitrogens is 3. The normalized spacial score (nSPS) is 12.4. The van der Waals surface area contributed by atoms with Gasteiger partial charge in [0.1, 0.15) is 0 Å². The minimum absolute atomic E-state index is 0.188. The molecule has 0 bridgehead atoms. The van der Waals surface area contributed by atoms with Gasteiger partial charge in [-0.3, -0.25) is 4.98 Å². The van der Waals surface area contributed by atoms with E-state index in [0.29, 0.717) is 43.2 Å². The molecular formula is C37H35N5O3. The quantitative estimate of drug-likeness (QED) is 0.195. The van der Waals surface area contributed by atoms with Crippen molar-refractivity contribution in [1.82, 2.24) is 19.9 Å². The standard InChI is InChI=1S/C37H35N5O3/c1-4-25-18-29(26-11-8-12-27(20-26)36(43)45-5-2)21-30(19-25)39-37(44)42-17-15-33-32(23-42)34(31-14-7-6-10-24(31)3)41-35(40-33)28-13-9-16-38-22-28/h6-14,16,18-22H,4-5,15,17,23H2,1-3H3,(H,39,44). The molecule has 1 aliphatic rings. The number of carbonyl (C=O) groups is 2. The molecule has 8 nitrogen and oxygen atoms in total. The van der Waals surface area contributed by atoms with E-state index in [1.807, 2.05) is 59.5 Å². The molecule has 1 aliphatic heterocycles. The van der Waals surface area contributed by atoms with Crippen molar-refractivity contribution in [1.29, 1.82) is 0 Å². The summed E-state index contributed by atoms with van der Waals surface area (Å²) in [5.41, 5.74) is 9.78.